The van der Waals surface area contributed by atoms with Gasteiger partial charge in [0.25, 0.3) is 5.91 Å². The van der Waals surface area contributed by atoms with Crippen LogP contribution < -0.4 is 10.1 Å². The van der Waals surface area contributed by atoms with Gasteiger partial charge in [-0.1, -0.05) is 44.8 Å². The van der Waals surface area contributed by atoms with Crippen molar-refractivity contribution < 1.29 is 18.4 Å². The van der Waals surface area contributed by atoms with Gasteiger partial charge in [-0.05, 0) is 37.3 Å². The minimum Gasteiger partial charge on any atom is -0.487 e. The second kappa shape index (κ2) is 7.88. The van der Waals surface area contributed by atoms with Crippen molar-refractivity contribution in [2.45, 2.75) is 13.5 Å². The third-order valence-electron chi connectivity index (χ3n) is 3.59. The van der Waals surface area contributed by atoms with E-state index in [1.54, 1.807) is 37.3 Å². The molecule has 26 heavy (non-hydrogen) atoms. The van der Waals surface area contributed by atoms with E-state index in [0.717, 1.165) is 0 Å². The third-order valence-corrected chi connectivity index (χ3v) is 4.39. The Morgan fingerprint density at radius 3 is 2.85 bits per heavy atom. The molecule has 0 saturated heterocycles. The molecule has 1 amide bonds. The highest BCUT2D eigenvalue weighted by Gasteiger charge is 2.21. The van der Waals surface area contributed by atoms with Crippen LogP contribution in [-0.2, 0) is 6.61 Å². The van der Waals surface area contributed by atoms with Crippen molar-refractivity contribution in [3.05, 3.63) is 74.8 Å². The first-order valence-corrected chi connectivity index (χ1v) is 8.71. The van der Waals surface area contributed by atoms with Crippen LogP contribution in [0.15, 0.2) is 51.5 Å². The lowest BCUT2D eigenvalue weighted by atomic mass is 10.2. The quantitative estimate of drug-likeness (QED) is 0.580. The zero-order valence-electron chi connectivity index (χ0n) is 13.6. The SMILES string of the molecule is Cc1onc(C(=O)Nc2ccc(Br)cc2F)c1COc1ccccc1Cl. The molecule has 0 aliphatic rings. The Kier molecular flexibility index (Phi) is 5.58. The summed E-state index contributed by atoms with van der Waals surface area (Å²) in [7, 11) is 0. The molecule has 0 saturated carbocycles. The molecule has 0 unspecified atom stereocenters. The fraction of sp³-hybridized carbons (Fsp3) is 0.111. The lowest BCUT2D eigenvalue weighted by Gasteiger charge is -2.09. The molecule has 3 rings (SSSR count). The highest BCUT2D eigenvalue weighted by atomic mass is 79.9. The molecule has 0 fully saturated rings. The largest absolute Gasteiger partial charge is 0.487 e. The van der Waals surface area contributed by atoms with E-state index in [1.165, 1.54) is 12.1 Å². The number of nitrogens with one attached hydrogen (secondary N) is 1. The Balaban J connectivity index is 1.78. The summed E-state index contributed by atoms with van der Waals surface area (Å²) in [5.74, 6) is -0.263. The van der Waals surface area contributed by atoms with Crippen LogP contribution in [0.5, 0.6) is 5.75 Å². The second-order valence-corrected chi connectivity index (χ2v) is 6.69. The maximum absolute atomic E-state index is 13.9. The van der Waals surface area contributed by atoms with Gasteiger partial charge in [0.2, 0.25) is 0 Å². The van der Waals surface area contributed by atoms with E-state index in [9.17, 15) is 9.18 Å². The number of halogens is 3. The minimum absolute atomic E-state index is 0.0249. The van der Waals surface area contributed by atoms with Crippen LogP contribution in [0.2, 0.25) is 5.02 Å². The van der Waals surface area contributed by atoms with Gasteiger partial charge in [0.05, 0.1) is 16.3 Å². The fourth-order valence-electron chi connectivity index (χ4n) is 2.22. The Bertz CT molecular complexity index is 961. The molecule has 1 heterocycles. The average Bonchev–Trinajstić information content (AvgIpc) is 2.97. The van der Waals surface area contributed by atoms with Crippen molar-refractivity contribution in [1.82, 2.24) is 5.16 Å². The van der Waals surface area contributed by atoms with Gasteiger partial charge in [-0.3, -0.25) is 4.79 Å². The van der Waals surface area contributed by atoms with Crippen molar-refractivity contribution in [2.24, 2.45) is 0 Å². The van der Waals surface area contributed by atoms with Gasteiger partial charge >= 0.3 is 0 Å². The summed E-state index contributed by atoms with van der Waals surface area (Å²) in [6, 6.07) is 11.3. The van der Waals surface area contributed by atoms with Gasteiger partial charge in [-0.2, -0.15) is 0 Å². The predicted octanol–water partition coefficient (Wildman–Crippen LogP) is 5.37. The number of amides is 1. The minimum atomic E-state index is -0.596. The van der Waals surface area contributed by atoms with Gasteiger partial charge < -0.3 is 14.6 Å². The zero-order valence-corrected chi connectivity index (χ0v) is 15.9. The number of carbonyl (C=O) groups is 1. The van der Waals surface area contributed by atoms with Crippen LogP contribution in [0.1, 0.15) is 21.8 Å². The van der Waals surface area contributed by atoms with Crippen molar-refractivity contribution >= 4 is 39.1 Å². The smallest absolute Gasteiger partial charge is 0.278 e. The second-order valence-electron chi connectivity index (χ2n) is 5.36. The molecular weight excluding hydrogens is 427 g/mol. The molecule has 0 aliphatic heterocycles. The number of para-hydroxylation sites is 1. The van der Waals surface area contributed by atoms with E-state index in [2.05, 4.69) is 26.4 Å². The van der Waals surface area contributed by atoms with E-state index >= 15 is 0 Å². The average molecular weight is 440 g/mol. The van der Waals surface area contributed by atoms with E-state index in [0.29, 0.717) is 26.6 Å². The van der Waals surface area contributed by atoms with Gasteiger partial charge in [0, 0.05) is 4.47 Å². The molecule has 5 nitrogen and oxygen atoms in total. The molecule has 0 aliphatic carbocycles. The van der Waals surface area contributed by atoms with E-state index in [4.69, 9.17) is 20.9 Å². The van der Waals surface area contributed by atoms with Crippen molar-refractivity contribution in [2.75, 3.05) is 5.32 Å². The number of benzene rings is 2. The summed E-state index contributed by atoms with van der Waals surface area (Å²) in [5, 5.41) is 6.69. The van der Waals surface area contributed by atoms with E-state index in [1.807, 2.05) is 0 Å². The monoisotopic (exact) mass is 438 g/mol. The number of rotatable bonds is 5. The molecule has 8 heteroatoms. The van der Waals surface area contributed by atoms with Crippen LogP contribution >= 0.6 is 27.5 Å². The van der Waals surface area contributed by atoms with Gasteiger partial charge in [0.1, 0.15) is 23.9 Å². The number of ether oxygens (including phenoxy) is 1. The molecule has 1 aromatic heterocycles. The van der Waals surface area contributed by atoms with Crippen molar-refractivity contribution in [1.29, 1.82) is 0 Å². The first kappa shape index (κ1) is 18.4. The number of carbonyl (C=O) groups excluding carboxylic acids is 1. The number of aromatic nitrogens is 1. The molecule has 0 radical (unpaired) electrons. The molecule has 134 valence electrons. The maximum atomic E-state index is 13.9. The van der Waals surface area contributed by atoms with Gasteiger partial charge in [0.15, 0.2) is 5.69 Å². The molecule has 1 N–H and O–H groups in total. The topological polar surface area (TPSA) is 64.4 Å². The number of anilines is 1. The Labute approximate surface area is 162 Å². The number of nitrogens with zero attached hydrogens (tertiary/aromatic N) is 1. The molecule has 0 atom stereocenters. The first-order valence-electron chi connectivity index (χ1n) is 7.54. The highest BCUT2D eigenvalue weighted by Crippen LogP contribution is 2.26. The van der Waals surface area contributed by atoms with Crippen LogP contribution in [-0.4, -0.2) is 11.1 Å². The number of aryl methyl sites for hydroxylation is 1. The summed E-state index contributed by atoms with van der Waals surface area (Å²) in [5.41, 5.74) is 0.522. The van der Waals surface area contributed by atoms with Gasteiger partial charge in [-0.15, -0.1) is 0 Å². The third kappa shape index (κ3) is 4.05. The highest BCUT2D eigenvalue weighted by molar-refractivity contribution is 9.10. The summed E-state index contributed by atoms with van der Waals surface area (Å²) in [6.45, 7) is 1.69. The standard InChI is InChI=1S/C18H13BrClFN2O3/c1-10-12(9-25-16-5-3-2-4-13(16)20)17(23-26-10)18(24)22-15-7-6-11(19)8-14(15)21/h2-8H,9H2,1H3,(H,22,24). The predicted molar refractivity (Wildman–Crippen MR) is 99.1 cm³/mol. The fourth-order valence-corrected chi connectivity index (χ4v) is 2.75. The Hall–Kier alpha value is -2.38. The molecule has 2 aromatic carbocycles. The van der Waals surface area contributed by atoms with E-state index < -0.39 is 11.7 Å². The number of hydrogen-bond acceptors (Lipinski definition) is 4. The van der Waals surface area contributed by atoms with Crippen LogP contribution in [0.3, 0.4) is 0 Å². The molecular formula is C18H13BrClFN2O3. The normalized spacial score (nSPS) is 10.6. The van der Waals surface area contributed by atoms with Crippen molar-refractivity contribution in [3.8, 4) is 5.75 Å². The van der Waals surface area contributed by atoms with Gasteiger partial charge in [-0.25, -0.2) is 4.39 Å². The van der Waals surface area contributed by atoms with Crippen LogP contribution in [0.4, 0.5) is 10.1 Å². The van der Waals surface area contributed by atoms with E-state index in [-0.39, 0.29) is 18.0 Å². The summed E-state index contributed by atoms with van der Waals surface area (Å²) < 4.78 is 25.2. The lowest BCUT2D eigenvalue weighted by Crippen LogP contribution is -2.16. The summed E-state index contributed by atoms with van der Waals surface area (Å²) in [6.07, 6.45) is 0. The number of hydrogen-bond donors (Lipinski definition) is 1. The summed E-state index contributed by atoms with van der Waals surface area (Å²) in [4.78, 5) is 12.5. The zero-order chi connectivity index (χ0) is 18.7. The first-order chi connectivity index (χ1) is 12.5. The van der Waals surface area contributed by atoms with Crippen molar-refractivity contribution in [3.63, 3.8) is 0 Å². The molecule has 0 bridgehead atoms. The van der Waals surface area contributed by atoms with Crippen LogP contribution in [0.25, 0.3) is 0 Å². The van der Waals surface area contributed by atoms with Crippen LogP contribution in [0, 0.1) is 12.7 Å². The Morgan fingerprint density at radius 1 is 1.35 bits per heavy atom. The molecule has 0 spiro atoms. The molecule has 3 aromatic rings. The Morgan fingerprint density at radius 2 is 2.12 bits per heavy atom. The summed E-state index contributed by atoms with van der Waals surface area (Å²) >= 11 is 9.22. The lowest BCUT2D eigenvalue weighted by molar-refractivity contribution is 0.101. The maximum Gasteiger partial charge on any atom is 0.278 e.